The maximum Gasteiger partial charge on any atom is 0.469 e. The molecule has 0 aliphatic carbocycles. The van der Waals surface area contributed by atoms with Crippen LogP contribution in [-0.2, 0) is 6.42 Å². The van der Waals surface area contributed by atoms with Gasteiger partial charge in [-0.25, -0.2) is 0 Å². The monoisotopic (exact) mass is 233 g/mol. The summed E-state index contributed by atoms with van der Waals surface area (Å²) in [5.41, 5.74) is 1.01. The molecule has 1 aliphatic heterocycles. The number of benzene rings is 1. The molecular formula is C10H10F3NS. The van der Waals surface area contributed by atoms with E-state index in [0.29, 0.717) is 15.6 Å². The van der Waals surface area contributed by atoms with Crippen LogP contribution in [0.3, 0.4) is 0 Å². The van der Waals surface area contributed by atoms with Gasteiger partial charge in [-0.05, 0) is 36.4 Å². The Morgan fingerprint density at radius 1 is 1.20 bits per heavy atom. The topological polar surface area (TPSA) is 3.24 Å². The third-order valence-corrected chi connectivity index (χ3v) is 3.48. The van der Waals surface area contributed by atoms with Crippen LogP contribution in [0.15, 0.2) is 29.2 Å². The number of rotatable bonds is 0. The van der Waals surface area contributed by atoms with Gasteiger partial charge in [0.1, 0.15) is 0 Å². The lowest BCUT2D eigenvalue weighted by Gasteiger charge is -2.21. The van der Waals surface area contributed by atoms with E-state index < -0.39 is 6.30 Å². The lowest BCUT2D eigenvalue weighted by molar-refractivity contribution is -0.206. The molecule has 1 aliphatic rings. The van der Waals surface area contributed by atoms with Gasteiger partial charge in [-0.1, -0.05) is 18.2 Å². The highest BCUT2D eigenvalue weighted by Crippen LogP contribution is 2.37. The minimum atomic E-state index is -4.25. The lowest BCUT2D eigenvalue weighted by Crippen LogP contribution is -2.32. The van der Waals surface area contributed by atoms with Crippen LogP contribution in [0.5, 0.6) is 0 Å². The molecule has 0 aromatic heterocycles. The number of fused-ring (bicyclic) bond motifs is 1. The number of nitrogens with zero attached hydrogens (tertiary/aromatic N) is 1. The van der Waals surface area contributed by atoms with E-state index in [9.17, 15) is 13.2 Å². The molecule has 0 unspecified atom stereocenters. The van der Waals surface area contributed by atoms with Gasteiger partial charge in [0.2, 0.25) is 0 Å². The predicted molar refractivity (Wildman–Crippen MR) is 53.4 cm³/mol. The molecule has 0 bridgehead atoms. The van der Waals surface area contributed by atoms with Gasteiger partial charge in [0.15, 0.2) is 0 Å². The summed E-state index contributed by atoms with van der Waals surface area (Å²) in [6.45, 7) is 0.0584. The van der Waals surface area contributed by atoms with E-state index in [2.05, 4.69) is 0 Å². The first kappa shape index (κ1) is 10.8. The van der Waals surface area contributed by atoms with E-state index in [1.165, 1.54) is 0 Å². The number of halogens is 3. The molecule has 0 saturated carbocycles. The molecule has 1 heterocycles. The maximum atomic E-state index is 12.5. The Kier molecular flexibility index (Phi) is 2.93. The van der Waals surface area contributed by atoms with Crippen LogP contribution in [0.1, 0.15) is 12.0 Å². The molecule has 15 heavy (non-hydrogen) atoms. The van der Waals surface area contributed by atoms with Crippen molar-refractivity contribution in [1.29, 1.82) is 0 Å². The van der Waals surface area contributed by atoms with Crippen LogP contribution in [0.4, 0.5) is 13.2 Å². The quantitative estimate of drug-likeness (QED) is 0.498. The summed E-state index contributed by atoms with van der Waals surface area (Å²) in [4.78, 5) is 0.715. The van der Waals surface area contributed by atoms with Gasteiger partial charge < -0.3 is 0 Å². The molecular weight excluding hydrogens is 223 g/mol. The van der Waals surface area contributed by atoms with E-state index in [0.717, 1.165) is 23.9 Å². The molecule has 0 N–H and O–H groups in total. The van der Waals surface area contributed by atoms with Crippen molar-refractivity contribution in [3.8, 4) is 0 Å². The summed E-state index contributed by atoms with van der Waals surface area (Å²) in [6, 6.07) is 7.26. The van der Waals surface area contributed by atoms with Crippen LogP contribution < -0.4 is 0 Å². The second-order valence-electron chi connectivity index (χ2n) is 3.37. The fourth-order valence-corrected chi connectivity index (χ4v) is 2.54. The Labute approximate surface area is 90.4 Å². The summed E-state index contributed by atoms with van der Waals surface area (Å²) in [6.07, 6.45) is -2.98. The van der Waals surface area contributed by atoms with Crippen LogP contribution in [0.25, 0.3) is 0 Å². The van der Waals surface area contributed by atoms with Gasteiger partial charge in [0, 0.05) is 11.4 Å². The molecule has 0 spiro atoms. The molecule has 0 fully saturated rings. The Morgan fingerprint density at radius 3 is 2.67 bits per heavy atom. The minimum absolute atomic E-state index is 0.0584. The Hall–Kier alpha value is -0.680. The van der Waals surface area contributed by atoms with E-state index >= 15 is 0 Å². The predicted octanol–water partition coefficient (Wildman–Crippen LogP) is 3.46. The van der Waals surface area contributed by atoms with Crippen LogP contribution >= 0.6 is 11.9 Å². The number of hydrogen-bond acceptors (Lipinski definition) is 2. The van der Waals surface area contributed by atoms with E-state index in [1.54, 1.807) is 12.1 Å². The molecule has 0 atom stereocenters. The minimum Gasteiger partial charge on any atom is -0.155 e. The zero-order chi connectivity index (χ0) is 10.9. The summed E-state index contributed by atoms with van der Waals surface area (Å²) >= 11 is 0.793. The first-order valence-corrected chi connectivity index (χ1v) is 5.45. The average molecular weight is 233 g/mol. The molecule has 82 valence electrons. The van der Waals surface area contributed by atoms with Crippen LogP contribution in [-0.4, -0.2) is 17.2 Å². The van der Waals surface area contributed by atoms with Crippen LogP contribution in [0, 0.1) is 0 Å². The van der Waals surface area contributed by atoms with Gasteiger partial charge in [-0.2, -0.15) is 17.5 Å². The van der Waals surface area contributed by atoms with Crippen molar-refractivity contribution in [3.05, 3.63) is 29.8 Å². The normalized spacial score (nSPS) is 18.3. The van der Waals surface area contributed by atoms with E-state index in [-0.39, 0.29) is 6.54 Å². The zero-order valence-corrected chi connectivity index (χ0v) is 8.74. The average Bonchev–Trinajstić information content (AvgIpc) is 2.38. The molecule has 1 nitrogen and oxygen atoms in total. The molecule has 0 saturated heterocycles. The first-order chi connectivity index (χ1) is 7.07. The first-order valence-electron chi connectivity index (χ1n) is 4.67. The molecule has 0 radical (unpaired) electrons. The summed E-state index contributed by atoms with van der Waals surface area (Å²) in [5, 5.41) is 0. The highest BCUT2D eigenvalue weighted by atomic mass is 32.2. The van der Waals surface area contributed by atoms with Crippen molar-refractivity contribution >= 4 is 11.9 Å². The molecule has 1 aromatic rings. The second kappa shape index (κ2) is 4.06. The zero-order valence-electron chi connectivity index (χ0n) is 7.92. The fraction of sp³-hybridized carbons (Fsp3) is 0.400. The third-order valence-electron chi connectivity index (χ3n) is 2.27. The summed E-state index contributed by atoms with van der Waals surface area (Å²) in [7, 11) is 0. The Bertz CT molecular complexity index is 351. The molecule has 5 heteroatoms. The van der Waals surface area contributed by atoms with Gasteiger partial charge in [0.25, 0.3) is 0 Å². The van der Waals surface area contributed by atoms with Gasteiger partial charge in [-0.15, -0.1) is 0 Å². The highest BCUT2D eigenvalue weighted by Gasteiger charge is 2.38. The Morgan fingerprint density at radius 2 is 1.93 bits per heavy atom. The number of aryl methyl sites for hydroxylation is 1. The molecule has 1 aromatic carbocycles. The van der Waals surface area contributed by atoms with Gasteiger partial charge in [-0.3, -0.25) is 0 Å². The van der Waals surface area contributed by atoms with Crippen LogP contribution in [0.2, 0.25) is 0 Å². The number of hydrogen-bond donors (Lipinski definition) is 0. The van der Waals surface area contributed by atoms with Crippen molar-refractivity contribution in [1.82, 2.24) is 4.31 Å². The summed E-state index contributed by atoms with van der Waals surface area (Å²) < 4.78 is 38.1. The molecule has 2 rings (SSSR count). The SMILES string of the molecule is FC(F)(F)N1CCCc2ccccc2S1. The third kappa shape index (κ3) is 2.46. The van der Waals surface area contributed by atoms with Gasteiger partial charge in [0.05, 0.1) is 0 Å². The van der Waals surface area contributed by atoms with E-state index in [1.807, 2.05) is 12.1 Å². The largest absolute Gasteiger partial charge is 0.469 e. The maximum absolute atomic E-state index is 12.5. The van der Waals surface area contributed by atoms with Crippen molar-refractivity contribution in [2.24, 2.45) is 0 Å². The fourth-order valence-electron chi connectivity index (χ4n) is 1.56. The summed E-state index contributed by atoms with van der Waals surface area (Å²) in [5.74, 6) is 0. The van der Waals surface area contributed by atoms with Crippen molar-refractivity contribution in [2.45, 2.75) is 24.0 Å². The highest BCUT2D eigenvalue weighted by molar-refractivity contribution is 7.97. The van der Waals surface area contributed by atoms with E-state index in [4.69, 9.17) is 0 Å². The van der Waals surface area contributed by atoms with Crippen molar-refractivity contribution in [2.75, 3.05) is 6.54 Å². The lowest BCUT2D eigenvalue weighted by atomic mass is 10.1. The smallest absolute Gasteiger partial charge is 0.155 e. The van der Waals surface area contributed by atoms with Crippen molar-refractivity contribution < 1.29 is 13.2 Å². The standard InChI is InChI=1S/C10H10F3NS/c11-10(12,13)14-7-3-5-8-4-1-2-6-9(8)15-14/h1-2,4,6H,3,5,7H2. The second-order valence-corrected chi connectivity index (χ2v) is 4.44. The number of alkyl halides is 3. The van der Waals surface area contributed by atoms with Crippen molar-refractivity contribution in [3.63, 3.8) is 0 Å². The molecule has 0 amide bonds. The Balaban J connectivity index is 2.25. The van der Waals surface area contributed by atoms with Gasteiger partial charge >= 0.3 is 6.30 Å².